The smallest absolute Gasteiger partial charge is 0.0783 e. The third-order valence-corrected chi connectivity index (χ3v) is 5.39. The summed E-state index contributed by atoms with van der Waals surface area (Å²) in [6.45, 7) is 7.68. The Bertz CT molecular complexity index is 215. The first-order valence-electron chi connectivity index (χ1n) is 7.46. The molecular weight excluding hydrogens is 242 g/mol. The Morgan fingerprint density at radius 2 is 2.00 bits per heavy atom. The van der Waals surface area contributed by atoms with E-state index in [0.29, 0.717) is 6.04 Å². The third-order valence-electron chi connectivity index (χ3n) is 4.12. The molecule has 1 atom stereocenters. The molecule has 0 amide bonds. The first-order valence-corrected chi connectivity index (χ1v) is 8.62. The number of hydrogen-bond donors (Lipinski definition) is 1. The zero-order chi connectivity index (χ0) is 13.4. The van der Waals surface area contributed by atoms with Crippen LogP contribution in [-0.2, 0) is 4.74 Å². The number of hydrogen-bond acceptors (Lipinski definition) is 3. The molecule has 18 heavy (non-hydrogen) atoms. The van der Waals surface area contributed by atoms with E-state index >= 15 is 0 Å². The Hall–Kier alpha value is 0.270. The van der Waals surface area contributed by atoms with Gasteiger partial charge in [-0.15, -0.1) is 0 Å². The average molecular weight is 273 g/mol. The Balaban J connectivity index is 2.30. The molecule has 0 aromatic carbocycles. The van der Waals surface area contributed by atoms with Gasteiger partial charge in [-0.3, -0.25) is 0 Å². The second kappa shape index (κ2) is 8.44. The minimum absolute atomic E-state index is 0.0716. The van der Waals surface area contributed by atoms with Gasteiger partial charge in [-0.25, -0.2) is 0 Å². The van der Waals surface area contributed by atoms with Gasteiger partial charge < -0.3 is 10.1 Å². The summed E-state index contributed by atoms with van der Waals surface area (Å²) < 4.78 is 5.64. The minimum atomic E-state index is -0.0716. The van der Waals surface area contributed by atoms with Gasteiger partial charge in [0.1, 0.15) is 0 Å². The maximum atomic E-state index is 5.64. The highest BCUT2D eigenvalue weighted by Crippen LogP contribution is 2.29. The van der Waals surface area contributed by atoms with E-state index in [2.05, 4.69) is 37.8 Å². The van der Waals surface area contributed by atoms with Crippen molar-refractivity contribution in [1.82, 2.24) is 5.32 Å². The molecule has 2 nitrogen and oxygen atoms in total. The molecule has 0 aromatic rings. The number of rotatable bonds is 9. The van der Waals surface area contributed by atoms with Gasteiger partial charge in [0, 0.05) is 18.9 Å². The van der Waals surface area contributed by atoms with Crippen LogP contribution in [0.25, 0.3) is 0 Å². The summed E-state index contributed by atoms with van der Waals surface area (Å²) in [7, 11) is 1.82. The van der Waals surface area contributed by atoms with Crippen LogP contribution in [0.4, 0.5) is 0 Å². The Labute approximate surface area is 118 Å². The highest BCUT2D eigenvalue weighted by molar-refractivity contribution is 7.99. The molecule has 1 rings (SSSR count). The van der Waals surface area contributed by atoms with Crippen molar-refractivity contribution >= 4 is 11.8 Å². The van der Waals surface area contributed by atoms with Gasteiger partial charge in [0.25, 0.3) is 0 Å². The molecule has 1 N–H and O–H groups in total. The molecule has 1 aliphatic carbocycles. The van der Waals surface area contributed by atoms with Gasteiger partial charge in [0.15, 0.2) is 0 Å². The molecule has 0 spiro atoms. The fraction of sp³-hybridized carbons (Fsp3) is 1.00. The maximum Gasteiger partial charge on any atom is 0.0783 e. The lowest BCUT2D eigenvalue weighted by atomic mass is 10.0. The lowest BCUT2D eigenvalue weighted by Gasteiger charge is -2.34. The Kier molecular flexibility index (Phi) is 7.66. The van der Waals surface area contributed by atoms with Gasteiger partial charge in [-0.05, 0) is 51.3 Å². The van der Waals surface area contributed by atoms with E-state index in [1.54, 1.807) is 0 Å². The van der Waals surface area contributed by atoms with Crippen LogP contribution in [0.1, 0.15) is 52.9 Å². The molecule has 0 radical (unpaired) electrons. The Morgan fingerprint density at radius 3 is 2.56 bits per heavy atom. The number of nitrogens with one attached hydrogen (secondary N) is 1. The third kappa shape index (κ3) is 5.50. The standard InChI is InChI=1S/C15H31NOS/c1-5-10-16-14(15(2,3)17-4)12-18-11-13-8-6-7-9-13/h13-14,16H,5-12H2,1-4H3. The quantitative estimate of drug-likeness (QED) is 0.692. The molecule has 1 fully saturated rings. The van der Waals surface area contributed by atoms with E-state index in [4.69, 9.17) is 4.74 Å². The molecule has 0 bridgehead atoms. The summed E-state index contributed by atoms with van der Waals surface area (Å²) in [5, 5.41) is 3.64. The first-order chi connectivity index (χ1) is 8.60. The number of thioether (sulfide) groups is 1. The average Bonchev–Trinajstić information content (AvgIpc) is 2.86. The fourth-order valence-corrected chi connectivity index (χ4v) is 4.05. The lowest BCUT2D eigenvalue weighted by molar-refractivity contribution is -0.00346. The van der Waals surface area contributed by atoms with Crippen molar-refractivity contribution in [2.45, 2.75) is 64.5 Å². The lowest BCUT2D eigenvalue weighted by Crippen LogP contribution is -2.50. The zero-order valence-corrected chi connectivity index (χ0v) is 13.4. The molecule has 0 aromatic heterocycles. The molecule has 3 heteroatoms. The van der Waals surface area contributed by atoms with Gasteiger partial charge in [-0.1, -0.05) is 19.8 Å². The van der Waals surface area contributed by atoms with Crippen LogP contribution in [0.2, 0.25) is 0 Å². The normalized spacial score (nSPS) is 19.3. The van der Waals surface area contributed by atoms with E-state index in [1.165, 1.54) is 37.9 Å². The van der Waals surface area contributed by atoms with Crippen molar-refractivity contribution in [1.29, 1.82) is 0 Å². The van der Waals surface area contributed by atoms with E-state index in [1.807, 2.05) is 7.11 Å². The molecule has 0 heterocycles. The Morgan fingerprint density at radius 1 is 1.33 bits per heavy atom. The summed E-state index contributed by atoms with van der Waals surface area (Å²) in [5.41, 5.74) is -0.0716. The van der Waals surface area contributed by atoms with E-state index in [-0.39, 0.29) is 5.60 Å². The van der Waals surface area contributed by atoms with Crippen molar-refractivity contribution in [3.63, 3.8) is 0 Å². The van der Waals surface area contributed by atoms with Gasteiger partial charge in [0.2, 0.25) is 0 Å². The van der Waals surface area contributed by atoms with Crippen LogP contribution in [0, 0.1) is 5.92 Å². The maximum absolute atomic E-state index is 5.64. The van der Waals surface area contributed by atoms with E-state index in [0.717, 1.165) is 18.2 Å². The van der Waals surface area contributed by atoms with E-state index in [9.17, 15) is 0 Å². The van der Waals surface area contributed by atoms with Gasteiger partial charge in [-0.2, -0.15) is 11.8 Å². The van der Waals surface area contributed by atoms with Crippen molar-refractivity contribution in [2.75, 3.05) is 25.2 Å². The molecule has 0 aliphatic heterocycles. The summed E-state index contributed by atoms with van der Waals surface area (Å²) in [6, 6.07) is 0.453. The van der Waals surface area contributed by atoms with Gasteiger partial charge >= 0.3 is 0 Å². The van der Waals surface area contributed by atoms with E-state index < -0.39 is 0 Å². The SMILES string of the molecule is CCCNC(CSCC1CCCC1)C(C)(C)OC. The molecule has 1 unspecified atom stereocenters. The highest BCUT2D eigenvalue weighted by atomic mass is 32.2. The zero-order valence-electron chi connectivity index (χ0n) is 12.6. The van der Waals surface area contributed by atoms with Crippen LogP contribution in [0.5, 0.6) is 0 Å². The van der Waals surface area contributed by atoms with Crippen LogP contribution >= 0.6 is 11.8 Å². The molecule has 108 valence electrons. The largest absolute Gasteiger partial charge is 0.377 e. The van der Waals surface area contributed by atoms with Crippen molar-refractivity contribution in [2.24, 2.45) is 5.92 Å². The second-order valence-electron chi connectivity index (χ2n) is 6.00. The summed E-state index contributed by atoms with van der Waals surface area (Å²) in [6.07, 6.45) is 6.99. The van der Waals surface area contributed by atoms with Crippen molar-refractivity contribution in [3.05, 3.63) is 0 Å². The van der Waals surface area contributed by atoms with Crippen LogP contribution in [0.3, 0.4) is 0 Å². The highest BCUT2D eigenvalue weighted by Gasteiger charge is 2.28. The summed E-state index contributed by atoms with van der Waals surface area (Å²) >= 11 is 2.11. The predicted molar refractivity (Wildman–Crippen MR) is 82.5 cm³/mol. The summed E-state index contributed by atoms with van der Waals surface area (Å²) in [5.74, 6) is 3.48. The predicted octanol–water partition coefficient (Wildman–Crippen LogP) is 3.70. The monoisotopic (exact) mass is 273 g/mol. The molecule has 0 saturated heterocycles. The number of methoxy groups -OCH3 is 1. The number of ether oxygens (including phenoxy) is 1. The molecular formula is C15H31NOS. The van der Waals surface area contributed by atoms with Gasteiger partial charge in [0.05, 0.1) is 5.60 Å². The molecule has 1 saturated carbocycles. The first kappa shape index (κ1) is 16.3. The van der Waals surface area contributed by atoms with Crippen LogP contribution in [-0.4, -0.2) is 36.8 Å². The topological polar surface area (TPSA) is 21.3 Å². The van der Waals surface area contributed by atoms with Crippen molar-refractivity contribution < 1.29 is 4.74 Å². The fourth-order valence-electron chi connectivity index (χ4n) is 2.50. The summed E-state index contributed by atoms with van der Waals surface area (Å²) in [4.78, 5) is 0. The second-order valence-corrected chi connectivity index (χ2v) is 7.08. The van der Waals surface area contributed by atoms with Crippen LogP contribution in [0.15, 0.2) is 0 Å². The molecule has 1 aliphatic rings. The van der Waals surface area contributed by atoms with Crippen molar-refractivity contribution in [3.8, 4) is 0 Å². The minimum Gasteiger partial charge on any atom is -0.377 e. The van der Waals surface area contributed by atoms with Crippen LogP contribution < -0.4 is 5.32 Å².